The Balaban J connectivity index is 2.03. The van der Waals surface area contributed by atoms with Crippen molar-refractivity contribution in [2.24, 2.45) is 0 Å². The third-order valence-electron chi connectivity index (χ3n) is 3.58. The summed E-state index contributed by atoms with van der Waals surface area (Å²) in [6.07, 6.45) is -1.08. The standard InChI is InChI=1S/C18H18Cl3N3O3S/c1-26-13-7-3-11(4-8-13)15(25)23-16(18(19,20)21)24-17(28)22-12-5-9-14(27-2)10-6-12/h3-10,16H,1-2H3,(H,23,25)(H2,22,24,28). The maximum atomic E-state index is 12.5. The molecule has 2 rings (SSSR count). The van der Waals surface area contributed by atoms with E-state index in [2.05, 4.69) is 16.0 Å². The van der Waals surface area contributed by atoms with Crippen molar-refractivity contribution in [3.63, 3.8) is 0 Å². The minimum absolute atomic E-state index is 0.163. The van der Waals surface area contributed by atoms with E-state index in [-0.39, 0.29) is 5.11 Å². The molecule has 6 nitrogen and oxygen atoms in total. The summed E-state index contributed by atoms with van der Waals surface area (Å²) in [6.45, 7) is 0. The number of anilines is 1. The van der Waals surface area contributed by atoms with Crippen LogP contribution in [-0.2, 0) is 0 Å². The second-order valence-electron chi connectivity index (χ2n) is 5.50. The number of hydrogen-bond acceptors (Lipinski definition) is 4. The molecule has 0 aliphatic rings. The first kappa shape index (κ1) is 22.4. The van der Waals surface area contributed by atoms with Crippen molar-refractivity contribution in [3.05, 3.63) is 54.1 Å². The van der Waals surface area contributed by atoms with Crippen LogP contribution in [0, 0.1) is 0 Å². The number of amides is 1. The van der Waals surface area contributed by atoms with Gasteiger partial charge in [0.1, 0.15) is 17.7 Å². The molecule has 0 saturated carbocycles. The number of benzene rings is 2. The fraction of sp³-hybridized carbons (Fsp3) is 0.222. The van der Waals surface area contributed by atoms with E-state index in [0.29, 0.717) is 22.7 Å². The number of carbonyl (C=O) groups is 1. The predicted molar refractivity (Wildman–Crippen MR) is 117 cm³/mol. The molecule has 0 radical (unpaired) electrons. The fourth-order valence-corrected chi connectivity index (χ4v) is 2.69. The van der Waals surface area contributed by atoms with E-state index in [4.69, 9.17) is 56.5 Å². The predicted octanol–water partition coefficient (Wildman–Crippen LogP) is 4.12. The van der Waals surface area contributed by atoms with Gasteiger partial charge in [0.05, 0.1) is 14.2 Å². The Bertz CT molecular complexity index is 812. The lowest BCUT2D eigenvalue weighted by atomic mass is 10.2. The van der Waals surface area contributed by atoms with E-state index in [1.807, 2.05) is 0 Å². The lowest BCUT2D eigenvalue weighted by Gasteiger charge is -2.27. The van der Waals surface area contributed by atoms with Crippen LogP contribution in [0.25, 0.3) is 0 Å². The molecule has 1 atom stereocenters. The van der Waals surface area contributed by atoms with Crippen LogP contribution >= 0.6 is 47.0 Å². The normalized spacial score (nSPS) is 11.9. The Morgan fingerprint density at radius 3 is 1.89 bits per heavy atom. The van der Waals surface area contributed by atoms with Crippen LogP contribution < -0.4 is 25.4 Å². The zero-order valence-electron chi connectivity index (χ0n) is 15.0. The van der Waals surface area contributed by atoms with Gasteiger partial charge in [-0.3, -0.25) is 4.79 Å². The van der Waals surface area contributed by atoms with Gasteiger partial charge in [0.25, 0.3) is 5.91 Å². The highest BCUT2D eigenvalue weighted by Gasteiger charge is 2.34. The number of ether oxygens (including phenoxy) is 2. The molecule has 0 aromatic heterocycles. The minimum atomic E-state index is -1.85. The van der Waals surface area contributed by atoms with Gasteiger partial charge in [-0.2, -0.15) is 0 Å². The number of methoxy groups -OCH3 is 2. The van der Waals surface area contributed by atoms with Crippen LogP contribution in [0.5, 0.6) is 11.5 Å². The van der Waals surface area contributed by atoms with Crippen LogP contribution in [0.3, 0.4) is 0 Å². The molecule has 3 N–H and O–H groups in total. The van der Waals surface area contributed by atoms with Crippen molar-refractivity contribution in [2.45, 2.75) is 9.96 Å². The van der Waals surface area contributed by atoms with Crippen LogP contribution in [-0.4, -0.2) is 35.2 Å². The summed E-state index contributed by atoms with van der Waals surface area (Å²) in [5, 5.41) is 8.51. The number of nitrogens with one attached hydrogen (secondary N) is 3. The molecule has 0 aliphatic heterocycles. The number of thiocarbonyl (C=S) groups is 1. The van der Waals surface area contributed by atoms with Crippen molar-refractivity contribution >= 4 is 63.7 Å². The Morgan fingerprint density at radius 1 is 0.929 bits per heavy atom. The molecule has 1 unspecified atom stereocenters. The maximum absolute atomic E-state index is 12.5. The van der Waals surface area contributed by atoms with E-state index >= 15 is 0 Å². The topological polar surface area (TPSA) is 71.6 Å². The highest BCUT2D eigenvalue weighted by molar-refractivity contribution is 7.80. The van der Waals surface area contributed by atoms with Crippen molar-refractivity contribution in [1.82, 2.24) is 10.6 Å². The van der Waals surface area contributed by atoms with Crippen LogP contribution in [0.1, 0.15) is 10.4 Å². The van der Waals surface area contributed by atoms with Gasteiger partial charge in [-0.05, 0) is 60.7 Å². The van der Waals surface area contributed by atoms with Crippen LogP contribution in [0.4, 0.5) is 5.69 Å². The molecule has 150 valence electrons. The second-order valence-corrected chi connectivity index (χ2v) is 8.28. The molecule has 2 aromatic carbocycles. The fourth-order valence-electron chi connectivity index (χ4n) is 2.13. The molecule has 0 spiro atoms. The second kappa shape index (κ2) is 10.0. The summed E-state index contributed by atoms with van der Waals surface area (Å²) in [7, 11) is 3.11. The summed E-state index contributed by atoms with van der Waals surface area (Å²) in [4.78, 5) is 12.5. The number of alkyl halides is 3. The highest BCUT2D eigenvalue weighted by atomic mass is 35.6. The molecule has 28 heavy (non-hydrogen) atoms. The summed E-state index contributed by atoms with van der Waals surface area (Å²) in [5.41, 5.74) is 1.07. The first-order valence-electron chi connectivity index (χ1n) is 7.96. The van der Waals surface area contributed by atoms with E-state index in [1.165, 1.54) is 7.11 Å². The van der Waals surface area contributed by atoms with Gasteiger partial charge < -0.3 is 25.4 Å². The number of hydrogen-bond donors (Lipinski definition) is 3. The van der Waals surface area contributed by atoms with E-state index < -0.39 is 15.9 Å². The Labute approximate surface area is 183 Å². The van der Waals surface area contributed by atoms with Gasteiger partial charge in [0.15, 0.2) is 5.11 Å². The molecule has 0 fully saturated rings. The number of carbonyl (C=O) groups excluding carboxylic acids is 1. The van der Waals surface area contributed by atoms with Crippen molar-refractivity contribution < 1.29 is 14.3 Å². The molecular formula is C18H18Cl3N3O3S. The molecule has 0 aliphatic carbocycles. The van der Waals surface area contributed by atoms with Gasteiger partial charge in [-0.1, -0.05) is 34.8 Å². The maximum Gasteiger partial charge on any atom is 0.252 e. The summed E-state index contributed by atoms with van der Waals surface area (Å²) in [6, 6.07) is 13.6. The van der Waals surface area contributed by atoms with Crippen molar-refractivity contribution in [2.75, 3.05) is 19.5 Å². The van der Waals surface area contributed by atoms with Crippen LogP contribution in [0.2, 0.25) is 0 Å². The van der Waals surface area contributed by atoms with Crippen LogP contribution in [0.15, 0.2) is 48.5 Å². The SMILES string of the molecule is COc1ccc(NC(=S)NC(NC(=O)c2ccc(OC)cc2)C(Cl)(Cl)Cl)cc1. The summed E-state index contributed by atoms with van der Waals surface area (Å²) < 4.78 is 8.31. The Kier molecular flexibility index (Phi) is 8.00. The molecule has 1 amide bonds. The smallest absolute Gasteiger partial charge is 0.252 e. The quantitative estimate of drug-likeness (QED) is 0.341. The molecule has 0 heterocycles. The van der Waals surface area contributed by atoms with Gasteiger partial charge >= 0.3 is 0 Å². The third kappa shape index (κ3) is 6.60. The number of rotatable bonds is 6. The molecule has 2 aromatic rings. The summed E-state index contributed by atoms with van der Waals surface area (Å²) >= 11 is 23.2. The zero-order chi connectivity index (χ0) is 20.7. The van der Waals surface area contributed by atoms with Gasteiger partial charge in [-0.25, -0.2) is 0 Å². The van der Waals surface area contributed by atoms with Gasteiger partial charge in [-0.15, -0.1) is 0 Å². The van der Waals surface area contributed by atoms with E-state index in [0.717, 1.165) is 0 Å². The molecule has 10 heteroatoms. The largest absolute Gasteiger partial charge is 0.497 e. The lowest BCUT2D eigenvalue weighted by molar-refractivity contribution is 0.0934. The third-order valence-corrected chi connectivity index (χ3v) is 4.45. The average Bonchev–Trinajstić information content (AvgIpc) is 2.67. The first-order chi connectivity index (χ1) is 13.2. The van der Waals surface area contributed by atoms with Crippen molar-refractivity contribution in [1.29, 1.82) is 0 Å². The monoisotopic (exact) mass is 461 g/mol. The molecule has 0 bridgehead atoms. The average molecular weight is 463 g/mol. The van der Waals surface area contributed by atoms with Crippen molar-refractivity contribution in [3.8, 4) is 11.5 Å². The lowest BCUT2D eigenvalue weighted by Crippen LogP contribution is -2.56. The van der Waals surface area contributed by atoms with E-state index in [1.54, 1.807) is 55.6 Å². The molecular weight excluding hydrogens is 445 g/mol. The Hall–Kier alpha value is -1.93. The Morgan fingerprint density at radius 2 is 1.43 bits per heavy atom. The first-order valence-corrected chi connectivity index (χ1v) is 9.50. The minimum Gasteiger partial charge on any atom is -0.497 e. The molecule has 0 saturated heterocycles. The summed E-state index contributed by atoms with van der Waals surface area (Å²) in [5.74, 6) is 0.881. The highest BCUT2D eigenvalue weighted by Crippen LogP contribution is 2.29. The van der Waals surface area contributed by atoms with Gasteiger partial charge in [0.2, 0.25) is 3.79 Å². The van der Waals surface area contributed by atoms with Gasteiger partial charge in [0, 0.05) is 11.3 Å². The zero-order valence-corrected chi connectivity index (χ0v) is 18.0. The van der Waals surface area contributed by atoms with E-state index in [9.17, 15) is 4.79 Å². The number of halogens is 3.